The first kappa shape index (κ1) is 14.7. The van der Waals surface area contributed by atoms with E-state index in [1.54, 1.807) is 0 Å². The Labute approximate surface area is 110 Å². The van der Waals surface area contributed by atoms with E-state index >= 15 is 0 Å². The molecule has 1 amide bonds. The second kappa shape index (κ2) is 6.01. The maximum Gasteiger partial charge on any atom is 0.231 e. The number of nitrogens with two attached hydrogens (primary N) is 1. The van der Waals surface area contributed by atoms with Crippen LogP contribution in [0, 0.1) is 6.92 Å². The summed E-state index contributed by atoms with van der Waals surface area (Å²) < 4.78 is 0. The molecule has 0 aliphatic carbocycles. The summed E-state index contributed by atoms with van der Waals surface area (Å²) in [6.45, 7) is 9.82. The van der Waals surface area contributed by atoms with Crippen molar-refractivity contribution in [2.45, 2.75) is 39.5 Å². The van der Waals surface area contributed by atoms with E-state index in [0.717, 1.165) is 13.0 Å². The second-order valence-corrected chi connectivity index (χ2v) is 5.78. The lowest BCUT2D eigenvalue weighted by Crippen LogP contribution is -2.30. The largest absolute Gasteiger partial charge is 0.369 e. The van der Waals surface area contributed by atoms with Crippen LogP contribution >= 0.6 is 0 Å². The van der Waals surface area contributed by atoms with Gasteiger partial charge in [-0.25, -0.2) is 0 Å². The van der Waals surface area contributed by atoms with Gasteiger partial charge >= 0.3 is 0 Å². The fraction of sp³-hybridized carbons (Fsp3) is 0.533. The zero-order valence-electron chi connectivity index (χ0n) is 11.8. The van der Waals surface area contributed by atoms with Crippen LogP contribution in [0.4, 0.5) is 0 Å². The summed E-state index contributed by atoms with van der Waals surface area (Å²) in [5.74, 6) is -0.310. The molecule has 18 heavy (non-hydrogen) atoms. The van der Waals surface area contributed by atoms with E-state index in [1.807, 2.05) is 0 Å². The minimum absolute atomic E-state index is 0.188. The Hall–Kier alpha value is -1.35. The van der Waals surface area contributed by atoms with Crippen LogP contribution in [0.5, 0.6) is 0 Å². The second-order valence-electron chi connectivity index (χ2n) is 5.78. The van der Waals surface area contributed by atoms with E-state index in [-0.39, 0.29) is 17.9 Å². The summed E-state index contributed by atoms with van der Waals surface area (Å²) >= 11 is 0. The Kier molecular flexibility index (Phi) is 4.91. The van der Waals surface area contributed by atoms with Gasteiger partial charge in [0.1, 0.15) is 0 Å². The third kappa shape index (κ3) is 4.49. The number of primary amides is 1. The van der Waals surface area contributed by atoms with Crippen LogP contribution in [-0.4, -0.2) is 19.0 Å². The van der Waals surface area contributed by atoms with Gasteiger partial charge in [-0.05, 0) is 42.0 Å². The maximum atomic E-state index is 10.6. The topological polar surface area (TPSA) is 55.1 Å². The minimum atomic E-state index is -0.310. The van der Waals surface area contributed by atoms with E-state index in [2.05, 4.69) is 51.2 Å². The van der Waals surface area contributed by atoms with Crippen molar-refractivity contribution in [3.63, 3.8) is 0 Å². The molecule has 0 radical (unpaired) electrons. The van der Waals surface area contributed by atoms with E-state index in [9.17, 15) is 4.79 Å². The van der Waals surface area contributed by atoms with Gasteiger partial charge < -0.3 is 11.1 Å². The molecule has 0 spiro atoms. The van der Waals surface area contributed by atoms with Gasteiger partial charge in [0, 0.05) is 0 Å². The zero-order chi connectivity index (χ0) is 13.8. The van der Waals surface area contributed by atoms with E-state index < -0.39 is 0 Å². The van der Waals surface area contributed by atoms with Gasteiger partial charge in [0.2, 0.25) is 5.91 Å². The highest BCUT2D eigenvalue weighted by molar-refractivity contribution is 5.75. The summed E-state index contributed by atoms with van der Waals surface area (Å²) in [4.78, 5) is 10.6. The molecule has 0 aliphatic rings. The van der Waals surface area contributed by atoms with Crippen LogP contribution in [0.25, 0.3) is 0 Å². The van der Waals surface area contributed by atoms with Crippen molar-refractivity contribution in [3.8, 4) is 0 Å². The van der Waals surface area contributed by atoms with Gasteiger partial charge in [-0.1, -0.05) is 39.0 Å². The molecule has 0 saturated carbocycles. The molecule has 0 aliphatic heterocycles. The number of amides is 1. The van der Waals surface area contributed by atoms with Gasteiger partial charge in [-0.15, -0.1) is 0 Å². The summed E-state index contributed by atoms with van der Waals surface area (Å²) in [6, 6.07) is 6.63. The first-order valence-corrected chi connectivity index (χ1v) is 6.40. The predicted octanol–water partition coefficient (Wildman–Crippen LogP) is 1.91. The molecule has 1 aromatic carbocycles. The van der Waals surface area contributed by atoms with Crippen LogP contribution < -0.4 is 11.1 Å². The summed E-state index contributed by atoms with van der Waals surface area (Å²) in [6.07, 6.45) is 0.920. The maximum absolute atomic E-state index is 10.6. The Morgan fingerprint density at radius 2 is 2.00 bits per heavy atom. The van der Waals surface area contributed by atoms with Gasteiger partial charge in [0.15, 0.2) is 0 Å². The number of nitrogens with one attached hydrogen (secondary N) is 1. The van der Waals surface area contributed by atoms with Crippen molar-refractivity contribution >= 4 is 5.91 Å². The van der Waals surface area contributed by atoms with Crippen molar-refractivity contribution in [1.29, 1.82) is 0 Å². The van der Waals surface area contributed by atoms with Crippen molar-refractivity contribution in [2.24, 2.45) is 5.73 Å². The van der Waals surface area contributed by atoms with Gasteiger partial charge in [-0.3, -0.25) is 4.79 Å². The summed E-state index contributed by atoms with van der Waals surface area (Å²) in [7, 11) is 0. The number of rotatable bonds is 5. The van der Waals surface area contributed by atoms with Crippen molar-refractivity contribution in [1.82, 2.24) is 5.32 Å². The van der Waals surface area contributed by atoms with Gasteiger partial charge in [0.05, 0.1) is 6.54 Å². The molecule has 1 aromatic rings. The predicted molar refractivity (Wildman–Crippen MR) is 75.6 cm³/mol. The molecule has 0 saturated heterocycles. The molecule has 1 rings (SSSR count). The van der Waals surface area contributed by atoms with Crippen molar-refractivity contribution in [3.05, 3.63) is 34.9 Å². The van der Waals surface area contributed by atoms with Crippen LogP contribution in [0.3, 0.4) is 0 Å². The fourth-order valence-corrected chi connectivity index (χ4v) is 1.88. The van der Waals surface area contributed by atoms with Crippen molar-refractivity contribution < 1.29 is 4.79 Å². The molecule has 3 nitrogen and oxygen atoms in total. The summed E-state index contributed by atoms with van der Waals surface area (Å²) in [5, 5.41) is 3.03. The molecule has 100 valence electrons. The molecule has 3 N–H and O–H groups in total. The molecule has 0 unspecified atom stereocenters. The molecule has 3 heteroatoms. The Morgan fingerprint density at radius 3 is 2.50 bits per heavy atom. The monoisotopic (exact) mass is 248 g/mol. The van der Waals surface area contributed by atoms with Gasteiger partial charge in [-0.2, -0.15) is 0 Å². The standard InChI is InChI=1S/C15H24N2O/c1-11-9-13(15(2,3)4)6-5-12(11)7-8-17-10-14(16)18/h5-6,9,17H,7-8,10H2,1-4H3,(H2,16,18). The lowest BCUT2D eigenvalue weighted by atomic mass is 9.85. The lowest BCUT2D eigenvalue weighted by molar-refractivity contribution is -0.117. The zero-order valence-corrected chi connectivity index (χ0v) is 11.8. The minimum Gasteiger partial charge on any atom is -0.369 e. The van der Waals surface area contributed by atoms with E-state index in [0.29, 0.717) is 0 Å². The van der Waals surface area contributed by atoms with Crippen molar-refractivity contribution in [2.75, 3.05) is 13.1 Å². The molecular formula is C15H24N2O. The number of hydrogen-bond acceptors (Lipinski definition) is 2. The number of benzene rings is 1. The van der Waals surface area contributed by atoms with Crippen LogP contribution in [-0.2, 0) is 16.6 Å². The highest BCUT2D eigenvalue weighted by Gasteiger charge is 2.14. The molecular weight excluding hydrogens is 224 g/mol. The smallest absolute Gasteiger partial charge is 0.231 e. The van der Waals surface area contributed by atoms with Crippen LogP contribution in [0.1, 0.15) is 37.5 Å². The normalized spacial score (nSPS) is 11.6. The highest BCUT2D eigenvalue weighted by Crippen LogP contribution is 2.24. The third-order valence-corrected chi connectivity index (χ3v) is 3.08. The Bertz CT molecular complexity index is 419. The Balaban J connectivity index is 2.60. The third-order valence-electron chi connectivity index (χ3n) is 3.08. The fourth-order valence-electron chi connectivity index (χ4n) is 1.88. The summed E-state index contributed by atoms with van der Waals surface area (Å²) in [5.41, 5.74) is 9.24. The van der Waals surface area contributed by atoms with Gasteiger partial charge in [0.25, 0.3) is 0 Å². The number of carbonyl (C=O) groups excluding carboxylic acids is 1. The first-order valence-electron chi connectivity index (χ1n) is 6.40. The van der Waals surface area contributed by atoms with Crippen LogP contribution in [0.15, 0.2) is 18.2 Å². The quantitative estimate of drug-likeness (QED) is 0.782. The molecule has 0 bridgehead atoms. The van der Waals surface area contributed by atoms with E-state index in [1.165, 1.54) is 16.7 Å². The molecule has 0 aromatic heterocycles. The average Bonchev–Trinajstić information content (AvgIpc) is 2.24. The molecule has 0 heterocycles. The number of carbonyl (C=O) groups is 1. The highest BCUT2D eigenvalue weighted by atomic mass is 16.1. The number of aryl methyl sites for hydroxylation is 1. The SMILES string of the molecule is Cc1cc(C(C)(C)C)ccc1CCNCC(N)=O. The lowest BCUT2D eigenvalue weighted by Gasteiger charge is -2.20. The average molecular weight is 248 g/mol. The molecule has 0 atom stereocenters. The number of hydrogen-bond donors (Lipinski definition) is 2. The van der Waals surface area contributed by atoms with Crippen LogP contribution in [0.2, 0.25) is 0 Å². The van der Waals surface area contributed by atoms with E-state index in [4.69, 9.17) is 5.73 Å². The Morgan fingerprint density at radius 1 is 1.33 bits per heavy atom. The molecule has 0 fully saturated rings. The first-order chi connectivity index (χ1) is 8.30.